The number of hydrogen-bond donors (Lipinski definition) is 2. The quantitative estimate of drug-likeness (QED) is 0.830. The maximum atomic E-state index is 5.59. The molecule has 1 heterocycles. The van der Waals surface area contributed by atoms with Crippen LogP contribution in [0.5, 0.6) is 11.5 Å². The first-order valence-corrected chi connectivity index (χ1v) is 6.53. The van der Waals surface area contributed by atoms with Gasteiger partial charge in [0.1, 0.15) is 11.5 Å². The second-order valence-corrected chi connectivity index (χ2v) is 4.44. The van der Waals surface area contributed by atoms with Crippen LogP contribution in [0.1, 0.15) is 0 Å². The number of ether oxygens (including phenoxy) is 2. The fourth-order valence-corrected chi connectivity index (χ4v) is 2.28. The molecule has 0 radical (unpaired) electrons. The fourth-order valence-electron chi connectivity index (χ4n) is 1.71. The van der Waals surface area contributed by atoms with Crippen molar-refractivity contribution in [3.8, 4) is 22.8 Å². The molecule has 96 valence electrons. The van der Waals surface area contributed by atoms with Crippen molar-refractivity contribution in [2.75, 3.05) is 26.2 Å². The summed E-state index contributed by atoms with van der Waals surface area (Å²) in [6.45, 7) is 0. The lowest BCUT2D eigenvalue weighted by molar-refractivity contribution is 0.395. The predicted molar refractivity (Wildman–Crippen MR) is 73.3 cm³/mol. The van der Waals surface area contributed by atoms with Crippen molar-refractivity contribution in [3.05, 3.63) is 18.3 Å². The van der Waals surface area contributed by atoms with Gasteiger partial charge < -0.3 is 20.2 Å². The molecule has 0 saturated heterocycles. The van der Waals surface area contributed by atoms with Gasteiger partial charge in [-0.05, 0) is 18.4 Å². The summed E-state index contributed by atoms with van der Waals surface area (Å²) in [5, 5.41) is 0. The molecule has 6 heteroatoms. The molecule has 0 unspecified atom stereocenters. The fraction of sp³-hybridized carbons (Fsp3) is 0.250. The number of nitrogens with two attached hydrogens (primary N) is 1. The smallest absolute Gasteiger partial charge is 0.197 e. The number of nitrogen functional groups attached to an aromatic ring is 1. The zero-order valence-corrected chi connectivity index (χ0v) is 11.3. The molecule has 2 aromatic rings. The van der Waals surface area contributed by atoms with Crippen LogP contribution in [-0.2, 0) is 0 Å². The molecule has 0 fully saturated rings. The maximum Gasteiger partial charge on any atom is 0.197 e. The first kappa shape index (κ1) is 12.6. The van der Waals surface area contributed by atoms with Gasteiger partial charge in [-0.15, -0.1) is 11.8 Å². The number of hydrogen-bond acceptors (Lipinski definition) is 5. The third-order valence-electron chi connectivity index (χ3n) is 2.59. The molecule has 1 aromatic carbocycles. The molecule has 18 heavy (non-hydrogen) atoms. The van der Waals surface area contributed by atoms with Gasteiger partial charge in [0.25, 0.3) is 0 Å². The van der Waals surface area contributed by atoms with Gasteiger partial charge in [-0.2, -0.15) is 0 Å². The summed E-state index contributed by atoms with van der Waals surface area (Å²) in [4.78, 5) is 7.99. The van der Waals surface area contributed by atoms with Crippen molar-refractivity contribution in [2.45, 2.75) is 4.90 Å². The van der Waals surface area contributed by atoms with Crippen molar-refractivity contribution >= 4 is 17.7 Å². The van der Waals surface area contributed by atoms with E-state index in [9.17, 15) is 0 Å². The van der Waals surface area contributed by atoms with Crippen molar-refractivity contribution in [1.29, 1.82) is 0 Å². The van der Waals surface area contributed by atoms with E-state index in [0.29, 0.717) is 5.95 Å². The maximum absolute atomic E-state index is 5.59. The Hall–Kier alpha value is -1.82. The Balaban J connectivity index is 2.58. The molecule has 5 nitrogen and oxygen atoms in total. The van der Waals surface area contributed by atoms with Crippen LogP contribution in [0.2, 0.25) is 0 Å². The number of methoxy groups -OCH3 is 2. The van der Waals surface area contributed by atoms with Gasteiger partial charge >= 0.3 is 0 Å². The van der Waals surface area contributed by atoms with E-state index in [1.165, 1.54) is 0 Å². The molecule has 1 aromatic heterocycles. The van der Waals surface area contributed by atoms with E-state index < -0.39 is 0 Å². The highest BCUT2D eigenvalue weighted by Crippen LogP contribution is 2.39. The summed E-state index contributed by atoms with van der Waals surface area (Å²) in [7, 11) is 3.28. The van der Waals surface area contributed by atoms with Crippen molar-refractivity contribution in [2.24, 2.45) is 0 Å². The average molecular weight is 265 g/mol. The van der Waals surface area contributed by atoms with Gasteiger partial charge in [0, 0.05) is 5.56 Å². The number of nitrogens with one attached hydrogen (secondary N) is 1. The molecular formula is C12H15N3O2S. The van der Waals surface area contributed by atoms with Crippen LogP contribution in [0.4, 0.5) is 5.95 Å². The van der Waals surface area contributed by atoms with E-state index in [1.807, 2.05) is 18.4 Å². The predicted octanol–water partition coefficient (Wildman–Crippen LogP) is 2.40. The number of rotatable bonds is 4. The molecule has 0 aliphatic rings. The molecule has 0 aliphatic carbocycles. The number of aromatic nitrogens is 2. The zero-order chi connectivity index (χ0) is 13.1. The minimum atomic E-state index is 0.375. The second-order valence-electron chi connectivity index (χ2n) is 3.59. The van der Waals surface area contributed by atoms with Crippen LogP contribution in [-0.4, -0.2) is 30.4 Å². The Morgan fingerprint density at radius 3 is 2.44 bits per heavy atom. The van der Waals surface area contributed by atoms with Crippen LogP contribution < -0.4 is 15.2 Å². The average Bonchev–Trinajstić information content (AvgIpc) is 2.83. The Morgan fingerprint density at radius 1 is 1.22 bits per heavy atom. The molecular weight excluding hydrogens is 250 g/mol. The lowest BCUT2D eigenvalue weighted by Crippen LogP contribution is -1.93. The Labute approximate surface area is 110 Å². The standard InChI is InChI=1S/C12H15N3O2S/c1-16-9-5-11(18-3)10(17-2)4-7(9)8-6-14-12(13)15-8/h4-6H,1-3H3,(H3,13,14,15). The summed E-state index contributed by atoms with van der Waals surface area (Å²) >= 11 is 1.60. The number of aromatic amines is 1. The highest BCUT2D eigenvalue weighted by molar-refractivity contribution is 7.98. The molecule has 0 spiro atoms. The molecule has 0 bridgehead atoms. The third kappa shape index (κ3) is 2.24. The van der Waals surface area contributed by atoms with Crippen molar-refractivity contribution in [1.82, 2.24) is 9.97 Å². The minimum Gasteiger partial charge on any atom is -0.496 e. The minimum absolute atomic E-state index is 0.375. The van der Waals surface area contributed by atoms with Crippen molar-refractivity contribution in [3.63, 3.8) is 0 Å². The lowest BCUT2D eigenvalue weighted by atomic mass is 10.1. The molecule has 0 atom stereocenters. The lowest BCUT2D eigenvalue weighted by Gasteiger charge is -2.12. The third-order valence-corrected chi connectivity index (χ3v) is 3.35. The van der Waals surface area contributed by atoms with Gasteiger partial charge in [-0.3, -0.25) is 0 Å². The van der Waals surface area contributed by atoms with E-state index in [-0.39, 0.29) is 0 Å². The van der Waals surface area contributed by atoms with E-state index in [0.717, 1.165) is 27.7 Å². The summed E-state index contributed by atoms with van der Waals surface area (Å²) < 4.78 is 10.8. The Morgan fingerprint density at radius 2 is 1.94 bits per heavy atom. The molecule has 3 N–H and O–H groups in total. The van der Waals surface area contributed by atoms with Gasteiger partial charge in [0.15, 0.2) is 5.95 Å². The Kier molecular flexibility index (Phi) is 3.66. The second kappa shape index (κ2) is 5.22. The van der Waals surface area contributed by atoms with Crippen LogP contribution in [0.25, 0.3) is 11.3 Å². The molecule has 2 rings (SSSR count). The molecule has 0 amide bonds. The number of thioether (sulfide) groups is 1. The SMILES string of the molecule is COc1cc(-c2cnc(N)[nH]2)c(OC)cc1SC. The number of imidazole rings is 1. The first-order valence-electron chi connectivity index (χ1n) is 5.30. The summed E-state index contributed by atoms with van der Waals surface area (Å²) in [6, 6.07) is 3.85. The highest BCUT2D eigenvalue weighted by Gasteiger charge is 2.13. The van der Waals surface area contributed by atoms with Crippen molar-refractivity contribution < 1.29 is 9.47 Å². The van der Waals surface area contributed by atoms with E-state index in [1.54, 1.807) is 32.2 Å². The van der Waals surface area contributed by atoms with Gasteiger partial charge in [-0.25, -0.2) is 4.98 Å². The van der Waals surface area contributed by atoms with Gasteiger partial charge in [0.2, 0.25) is 0 Å². The van der Waals surface area contributed by atoms with Crippen LogP contribution in [0.3, 0.4) is 0 Å². The Bertz CT molecular complexity index is 554. The molecule has 0 aliphatic heterocycles. The number of anilines is 1. The number of H-pyrrole nitrogens is 1. The first-order chi connectivity index (χ1) is 8.69. The van der Waals surface area contributed by atoms with E-state index in [4.69, 9.17) is 15.2 Å². The molecule has 0 saturated carbocycles. The normalized spacial score (nSPS) is 10.4. The summed E-state index contributed by atoms with van der Waals surface area (Å²) in [5.74, 6) is 1.93. The monoisotopic (exact) mass is 265 g/mol. The largest absolute Gasteiger partial charge is 0.496 e. The number of benzene rings is 1. The summed E-state index contributed by atoms with van der Waals surface area (Å²) in [6.07, 6.45) is 3.66. The van der Waals surface area contributed by atoms with Crippen LogP contribution >= 0.6 is 11.8 Å². The van der Waals surface area contributed by atoms with E-state index >= 15 is 0 Å². The van der Waals surface area contributed by atoms with Gasteiger partial charge in [0.05, 0.1) is 31.0 Å². The highest BCUT2D eigenvalue weighted by atomic mass is 32.2. The van der Waals surface area contributed by atoms with E-state index in [2.05, 4.69) is 9.97 Å². The van der Waals surface area contributed by atoms with Crippen LogP contribution in [0, 0.1) is 0 Å². The number of nitrogens with zero attached hydrogens (tertiary/aromatic N) is 1. The van der Waals surface area contributed by atoms with Crippen LogP contribution in [0.15, 0.2) is 23.2 Å². The zero-order valence-electron chi connectivity index (χ0n) is 10.5. The topological polar surface area (TPSA) is 73.2 Å². The summed E-state index contributed by atoms with van der Waals surface area (Å²) in [5.41, 5.74) is 7.26. The van der Waals surface area contributed by atoms with Gasteiger partial charge in [-0.1, -0.05) is 0 Å².